The highest BCUT2D eigenvalue weighted by atomic mass is 32.1. The molecule has 2 rings (SSSR count). The number of thiophene rings is 1. The summed E-state index contributed by atoms with van der Waals surface area (Å²) in [7, 11) is 2.22. The first-order valence-corrected chi connectivity index (χ1v) is 7.80. The van der Waals surface area contributed by atoms with Crippen LogP contribution >= 0.6 is 11.3 Å². The lowest BCUT2D eigenvalue weighted by atomic mass is 9.93. The van der Waals surface area contributed by atoms with Crippen LogP contribution in [-0.4, -0.2) is 37.3 Å². The van der Waals surface area contributed by atoms with Crippen LogP contribution in [0.2, 0.25) is 0 Å². The SMILES string of the molecule is COC(=O)[C@](O)(c1ccc(N(C)C(=O)c2cccs2)cc1)C(F)(F)F. The van der Waals surface area contributed by atoms with Gasteiger partial charge in [-0.05, 0) is 23.6 Å². The normalized spacial score (nSPS) is 13.8. The number of nitrogens with zero attached hydrogens (tertiary/aromatic N) is 1. The summed E-state index contributed by atoms with van der Waals surface area (Å²) >= 11 is 1.23. The molecule has 5 nitrogen and oxygen atoms in total. The molecular weight excluding hydrogens is 359 g/mol. The van der Waals surface area contributed by atoms with Gasteiger partial charge in [0.15, 0.2) is 0 Å². The quantitative estimate of drug-likeness (QED) is 0.837. The standard InChI is InChI=1S/C16H14F3NO4S/c1-20(13(21)12-4-3-9-25-12)11-7-5-10(6-8-11)15(23,14(22)24-2)16(17,18)19/h3-9,23H,1-2H3/t15-/m1/s1. The number of esters is 1. The first kappa shape index (κ1) is 18.9. The zero-order valence-corrected chi connectivity index (χ0v) is 14.0. The van der Waals surface area contributed by atoms with Crippen molar-refractivity contribution in [3.63, 3.8) is 0 Å². The number of benzene rings is 1. The summed E-state index contributed by atoms with van der Waals surface area (Å²) in [5.74, 6) is -2.17. The van der Waals surface area contributed by atoms with Gasteiger partial charge in [0.05, 0.1) is 12.0 Å². The van der Waals surface area contributed by atoms with E-state index in [4.69, 9.17) is 0 Å². The molecule has 0 aliphatic heterocycles. The molecule has 1 N–H and O–H groups in total. The maximum atomic E-state index is 13.2. The van der Waals surface area contributed by atoms with Crippen molar-refractivity contribution in [3.8, 4) is 0 Å². The number of hydrogen-bond donors (Lipinski definition) is 1. The van der Waals surface area contributed by atoms with Gasteiger partial charge in [0, 0.05) is 18.3 Å². The zero-order chi connectivity index (χ0) is 18.8. The van der Waals surface area contributed by atoms with E-state index in [0.717, 1.165) is 19.2 Å². The van der Waals surface area contributed by atoms with Crippen LogP contribution in [0.1, 0.15) is 15.2 Å². The molecule has 0 aliphatic rings. The first-order chi connectivity index (χ1) is 11.6. The molecule has 1 amide bonds. The van der Waals surface area contributed by atoms with E-state index in [0.29, 0.717) is 10.6 Å². The number of methoxy groups -OCH3 is 1. The Kier molecular flexibility index (Phi) is 5.19. The van der Waals surface area contributed by atoms with Crippen molar-refractivity contribution in [1.29, 1.82) is 0 Å². The van der Waals surface area contributed by atoms with Gasteiger partial charge in [-0.3, -0.25) is 4.79 Å². The van der Waals surface area contributed by atoms with Crippen LogP contribution in [0, 0.1) is 0 Å². The van der Waals surface area contributed by atoms with Crippen LogP contribution in [0.25, 0.3) is 0 Å². The fourth-order valence-corrected chi connectivity index (χ4v) is 2.85. The summed E-state index contributed by atoms with van der Waals surface area (Å²) in [5, 5.41) is 11.6. The van der Waals surface area contributed by atoms with E-state index in [1.807, 2.05) is 0 Å². The number of halogens is 3. The molecule has 9 heteroatoms. The summed E-state index contributed by atoms with van der Waals surface area (Å²) < 4.78 is 43.6. The van der Waals surface area contributed by atoms with Crippen molar-refractivity contribution in [1.82, 2.24) is 0 Å². The van der Waals surface area contributed by atoms with E-state index >= 15 is 0 Å². The molecule has 0 bridgehead atoms. The minimum absolute atomic E-state index is 0.302. The number of ether oxygens (including phenoxy) is 1. The molecule has 1 aromatic heterocycles. The maximum absolute atomic E-state index is 13.2. The number of anilines is 1. The minimum Gasteiger partial charge on any atom is -0.466 e. The molecule has 1 aromatic carbocycles. The van der Waals surface area contributed by atoms with Crippen molar-refractivity contribution in [3.05, 3.63) is 52.2 Å². The Morgan fingerprint density at radius 1 is 1.16 bits per heavy atom. The molecule has 0 aliphatic carbocycles. The highest BCUT2D eigenvalue weighted by Crippen LogP contribution is 2.40. The van der Waals surface area contributed by atoms with E-state index in [1.165, 1.54) is 35.4 Å². The van der Waals surface area contributed by atoms with Crippen molar-refractivity contribution in [2.24, 2.45) is 0 Å². The molecule has 0 unspecified atom stereocenters. The second-order valence-corrected chi connectivity index (χ2v) is 6.04. The molecule has 134 valence electrons. The molecule has 0 saturated carbocycles. The summed E-state index contributed by atoms with van der Waals surface area (Å²) in [6, 6.07) is 7.60. The van der Waals surface area contributed by atoms with Gasteiger partial charge in [-0.15, -0.1) is 11.3 Å². The average Bonchev–Trinajstić information content (AvgIpc) is 3.12. The molecule has 0 fully saturated rings. The summed E-state index contributed by atoms with van der Waals surface area (Å²) in [5.41, 5.74) is -4.18. The molecule has 0 saturated heterocycles. The lowest BCUT2D eigenvalue weighted by Gasteiger charge is -2.28. The molecule has 2 aromatic rings. The summed E-state index contributed by atoms with van der Waals surface area (Å²) in [6.07, 6.45) is -5.26. The van der Waals surface area contributed by atoms with Gasteiger partial charge >= 0.3 is 12.1 Å². The number of aliphatic hydroxyl groups is 1. The van der Waals surface area contributed by atoms with Gasteiger partial charge < -0.3 is 14.7 Å². The fraction of sp³-hybridized carbons (Fsp3) is 0.250. The van der Waals surface area contributed by atoms with E-state index in [-0.39, 0.29) is 5.91 Å². The molecule has 25 heavy (non-hydrogen) atoms. The number of carbonyl (C=O) groups excluding carboxylic acids is 2. The van der Waals surface area contributed by atoms with Crippen LogP contribution in [0.4, 0.5) is 18.9 Å². The van der Waals surface area contributed by atoms with E-state index in [2.05, 4.69) is 4.74 Å². The van der Waals surface area contributed by atoms with Gasteiger partial charge in [-0.2, -0.15) is 13.2 Å². The van der Waals surface area contributed by atoms with Crippen molar-refractivity contribution < 1.29 is 32.6 Å². The van der Waals surface area contributed by atoms with Crippen LogP contribution in [0.3, 0.4) is 0 Å². The maximum Gasteiger partial charge on any atom is 0.432 e. The highest BCUT2D eigenvalue weighted by molar-refractivity contribution is 7.12. The van der Waals surface area contributed by atoms with Crippen molar-refractivity contribution >= 4 is 28.9 Å². The van der Waals surface area contributed by atoms with Crippen LogP contribution < -0.4 is 4.90 Å². The van der Waals surface area contributed by atoms with E-state index in [9.17, 15) is 27.9 Å². The Balaban J connectivity index is 2.35. The van der Waals surface area contributed by atoms with E-state index < -0.39 is 23.3 Å². The van der Waals surface area contributed by atoms with Gasteiger partial charge in [0.25, 0.3) is 11.5 Å². The minimum atomic E-state index is -5.26. The summed E-state index contributed by atoms with van der Waals surface area (Å²) in [6.45, 7) is 0. The number of carbonyl (C=O) groups is 2. The van der Waals surface area contributed by atoms with E-state index in [1.54, 1.807) is 17.5 Å². The largest absolute Gasteiger partial charge is 0.466 e. The lowest BCUT2D eigenvalue weighted by molar-refractivity contribution is -0.266. The smallest absolute Gasteiger partial charge is 0.432 e. The molecule has 1 heterocycles. The van der Waals surface area contributed by atoms with Gasteiger partial charge in [0.2, 0.25) is 0 Å². The third-order valence-electron chi connectivity index (χ3n) is 3.60. The van der Waals surface area contributed by atoms with Crippen LogP contribution in [-0.2, 0) is 15.1 Å². The third kappa shape index (κ3) is 3.38. The Morgan fingerprint density at radius 3 is 2.20 bits per heavy atom. The van der Waals surface area contributed by atoms with Gasteiger partial charge in [-0.25, -0.2) is 4.79 Å². The molecule has 1 atom stereocenters. The second-order valence-electron chi connectivity index (χ2n) is 5.09. The first-order valence-electron chi connectivity index (χ1n) is 6.92. The topological polar surface area (TPSA) is 66.8 Å². The monoisotopic (exact) mass is 373 g/mol. The molecule has 0 spiro atoms. The third-order valence-corrected chi connectivity index (χ3v) is 4.46. The Labute approximate surface area is 145 Å². The Morgan fingerprint density at radius 2 is 1.76 bits per heavy atom. The van der Waals surface area contributed by atoms with Gasteiger partial charge in [-0.1, -0.05) is 18.2 Å². The predicted octanol–water partition coefficient (Wildman–Crippen LogP) is 2.95. The number of alkyl halides is 3. The molecular formula is C16H14F3NO4S. The Hall–Kier alpha value is -2.39. The van der Waals surface area contributed by atoms with Gasteiger partial charge in [0.1, 0.15) is 0 Å². The summed E-state index contributed by atoms with van der Waals surface area (Å²) in [4.78, 5) is 25.5. The number of amides is 1. The predicted molar refractivity (Wildman–Crippen MR) is 85.5 cm³/mol. The highest BCUT2D eigenvalue weighted by Gasteiger charge is 2.62. The van der Waals surface area contributed by atoms with Crippen molar-refractivity contribution in [2.45, 2.75) is 11.8 Å². The fourth-order valence-electron chi connectivity index (χ4n) is 2.15. The number of rotatable bonds is 4. The Bertz CT molecular complexity index is 759. The van der Waals surface area contributed by atoms with Crippen molar-refractivity contribution in [2.75, 3.05) is 19.1 Å². The van der Waals surface area contributed by atoms with Crippen LogP contribution in [0.5, 0.6) is 0 Å². The number of hydrogen-bond acceptors (Lipinski definition) is 5. The average molecular weight is 373 g/mol. The lowest BCUT2D eigenvalue weighted by Crippen LogP contribution is -2.49. The van der Waals surface area contributed by atoms with Crippen LogP contribution in [0.15, 0.2) is 41.8 Å². The molecule has 0 radical (unpaired) electrons. The zero-order valence-electron chi connectivity index (χ0n) is 13.2. The second kappa shape index (κ2) is 6.85.